The van der Waals surface area contributed by atoms with Crippen LogP contribution in [0.3, 0.4) is 0 Å². The fourth-order valence-electron chi connectivity index (χ4n) is 4.20. The number of H-pyrrole nitrogens is 1. The molecule has 0 spiro atoms. The summed E-state index contributed by atoms with van der Waals surface area (Å²) in [5, 5.41) is 27.8. The average Bonchev–Trinajstić information content (AvgIpc) is 3.48. The first-order valence-electron chi connectivity index (χ1n) is 11.4. The van der Waals surface area contributed by atoms with Crippen LogP contribution in [0.2, 0.25) is 0 Å². The molecule has 0 fully saturated rings. The van der Waals surface area contributed by atoms with Gasteiger partial charge in [0, 0.05) is 18.9 Å². The number of benzene rings is 2. The number of alkyl carbamates (subject to hydrolysis) is 1. The van der Waals surface area contributed by atoms with E-state index >= 15 is 0 Å². The molecule has 2 amide bonds. The number of unbranched alkanes of at least 4 members (excludes halogenated alkanes) is 1. The standard InChI is InChI=1S/C24H26N6O5/c31-22(32)13-20(23(33)25-12-6-5-11-21-27-29-30-28-21)26-24(34)35-14-19-17-9-3-1-7-15(17)16-8-2-4-10-18(16)19/h1-4,7-10,19-20H,5-6,11-14H2,(H,25,33)(H,26,34)(H,31,32)(H,27,28,29,30). The third-order valence-corrected chi connectivity index (χ3v) is 5.85. The number of rotatable bonds is 11. The Morgan fingerprint density at radius 2 is 1.71 bits per heavy atom. The third-order valence-electron chi connectivity index (χ3n) is 5.85. The molecule has 4 rings (SSSR count). The number of aliphatic carboxylic acids is 1. The van der Waals surface area contributed by atoms with E-state index in [0.29, 0.717) is 31.6 Å². The van der Waals surface area contributed by atoms with E-state index in [9.17, 15) is 19.5 Å². The van der Waals surface area contributed by atoms with Gasteiger partial charge < -0.3 is 20.5 Å². The van der Waals surface area contributed by atoms with Crippen LogP contribution in [0.25, 0.3) is 11.1 Å². The first-order valence-corrected chi connectivity index (χ1v) is 11.4. The Hall–Kier alpha value is -4.28. The van der Waals surface area contributed by atoms with Crippen molar-refractivity contribution < 1.29 is 24.2 Å². The lowest BCUT2D eigenvalue weighted by molar-refractivity contribution is -0.139. The molecule has 0 bridgehead atoms. The molecule has 11 nitrogen and oxygen atoms in total. The number of aromatic amines is 1. The molecular formula is C24H26N6O5. The maximum atomic E-state index is 12.5. The summed E-state index contributed by atoms with van der Waals surface area (Å²) in [5.74, 6) is -1.35. The molecule has 4 N–H and O–H groups in total. The van der Waals surface area contributed by atoms with Gasteiger partial charge in [-0.05, 0) is 35.1 Å². The van der Waals surface area contributed by atoms with Crippen molar-refractivity contribution in [3.63, 3.8) is 0 Å². The van der Waals surface area contributed by atoms with Crippen LogP contribution < -0.4 is 10.6 Å². The predicted molar refractivity (Wildman–Crippen MR) is 124 cm³/mol. The van der Waals surface area contributed by atoms with E-state index in [4.69, 9.17) is 4.74 Å². The topological polar surface area (TPSA) is 159 Å². The molecule has 0 saturated heterocycles. The highest BCUT2D eigenvalue weighted by molar-refractivity contribution is 5.89. The van der Waals surface area contributed by atoms with Crippen LogP contribution >= 0.6 is 0 Å². The predicted octanol–water partition coefficient (Wildman–Crippen LogP) is 2.02. The van der Waals surface area contributed by atoms with Crippen LogP contribution in [-0.2, 0) is 20.7 Å². The van der Waals surface area contributed by atoms with Gasteiger partial charge in [-0.25, -0.2) is 4.79 Å². The van der Waals surface area contributed by atoms with Crippen molar-refractivity contribution in [2.24, 2.45) is 0 Å². The van der Waals surface area contributed by atoms with Crippen LogP contribution in [0.1, 0.15) is 42.1 Å². The number of amides is 2. The summed E-state index contributed by atoms with van der Waals surface area (Å²) in [5.41, 5.74) is 4.31. The molecule has 0 aliphatic heterocycles. The number of aryl methyl sites for hydroxylation is 1. The van der Waals surface area contributed by atoms with E-state index in [2.05, 4.69) is 31.3 Å². The van der Waals surface area contributed by atoms with E-state index < -0.39 is 30.4 Å². The second kappa shape index (κ2) is 11.2. The minimum atomic E-state index is -1.25. The Kier molecular flexibility index (Phi) is 7.66. The Morgan fingerprint density at radius 3 is 2.34 bits per heavy atom. The van der Waals surface area contributed by atoms with E-state index in [1.807, 2.05) is 48.5 Å². The Bertz CT molecular complexity index is 1140. The van der Waals surface area contributed by atoms with Crippen molar-refractivity contribution in [1.29, 1.82) is 0 Å². The number of nitrogens with one attached hydrogen (secondary N) is 3. The van der Waals surface area contributed by atoms with Crippen molar-refractivity contribution >= 4 is 18.0 Å². The summed E-state index contributed by atoms with van der Waals surface area (Å²) in [6, 6.07) is 14.6. The smallest absolute Gasteiger partial charge is 0.407 e. The van der Waals surface area contributed by atoms with E-state index in [1.165, 1.54) is 0 Å². The number of carboxylic acid groups (broad SMARTS) is 1. The normalized spacial score (nSPS) is 12.9. The number of carbonyl (C=O) groups is 3. The third kappa shape index (κ3) is 5.99. The number of carboxylic acids is 1. The molecule has 1 aliphatic carbocycles. The van der Waals surface area contributed by atoms with Gasteiger partial charge in [0.15, 0.2) is 5.82 Å². The lowest BCUT2D eigenvalue weighted by Crippen LogP contribution is -2.48. The lowest BCUT2D eigenvalue weighted by atomic mass is 9.98. The number of fused-ring (bicyclic) bond motifs is 3. The molecule has 0 radical (unpaired) electrons. The zero-order valence-corrected chi connectivity index (χ0v) is 18.9. The van der Waals surface area contributed by atoms with Gasteiger partial charge in [0.25, 0.3) is 0 Å². The zero-order valence-electron chi connectivity index (χ0n) is 18.9. The number of aromatic nitrogens is 4. The second-order valence-corrected chi connectivity index (χ2v) is 8.20. The van der Waals surface area contributed by atoms with Crippen molar-refractivity contribution in [1.82, 2.24) is 31.3 Å². The Morgan fingerprint density at radius 1 is 1.03 bits per heavy atom. The van der Waals surface area contributed by atoms with E-state index in [-0.39, 0.29) is 12.5 Å². The molecule has 35 heavy (non-hydrogen) atoms. The van der Waals surface area contributed by atoms with E-state index in [0.717, 1.165) is 22.3 Å². The van der Waals surface area contributed by atoms with Crippen LogP contribution in [0.5, 0.6) is 0 Å². The Labute approximate surface area is 201 Å². The van der Waals surface area contributed by atoms with Gasteiger partial charge in [0.2, 0.25) is 5.91 Å². The minimum Gasteiger partial charge on any atom is -0.481 e. The van der Waals surface area contributed by atoms with Crippen molar-refractivity contribution in [2.45, 2.75) is 37.6 Å². The summed E-state index contributed by atoms with van der Waals surface area (Å²) in [4.78, 5) is 36.3. The highest BCUT2D eigenvalue weighted by atomic mass is 16.5. The number of ether oxygens (including phenoxy) is 1. The molecule has 1 unspecified atom stereocenters. The molecule has 1 aliphatic rings. The number of hydrogen-bond acceptors (Lipinski definition) is 7. The minimum absolute atomic E-state index is 0.0668. The number of hydrogen-bond donors (Lipinski definition) is 4. The van der Waals surface area contributed by atoms with Gasteiger partial charge in [0.1, 0.15) is 12.6 Å². The summed E-state index contributed by atoms with van der Waals surface area (Å²) < 4.78 is 5.44. The van der Waals surface area contributed by atoms with Crippen LogP contribution in [0.4, 0.5) is 4.79 Å². The van der Waals surface area contributed by atoms with Gasteiger partial charge in [0.05, 0.1) is 6.42 Å². The number of nitrogens with zero attached hydrogens (tertiary/aromatic N) is 3. The molecular weight excluding hydrogens is 452 g/mol. The fraction of sp³-hybridized carbons (Fsp3) is 0.333. The molecule has 11 heteroatoms. The Balaban J connectivity index is 1.29. The quantitative estimate of drug-likeness (QED) is 0.305. The molecule has 1 atom stereocenters. The molecule has 1 aromatic heterocycles. The van der Waals surface area contributed by atoms with Gasteiger partial charge in [-0.2, -0.15) is 5.21 Å². The summed E-state index contributed by atoms with van der Waals surface area (Å²) in [6.07, 6.45) is 0.543. The molecule has 2 aromatic carbocycles. The molecule has 0 saturated carbocycles. The second-order valence-electron chi connectivity index (χ2n) is 8.20. The van der Waals surface area contributed by atoms with Gasteiger partial charge in [-0.3, -0.25) is 9.59 Å². The zero-order chi connectivity index (χ0) is 24.6. The van der Waals surface area contributed by atoms with Crippen LogP contribution in [-0.4, -0.2) is 62.9 Å². The molecule has 1 heterocycles. The van der Waals surface area contributed by atoms with Gasteiger partial charge in [-0.15, -0.1) is 10.2 Å². The summed E-state index contributed by atoms with van der Waals surface area (Å²) in [6.45, 7) is 0.385. The SMILES string of the molecule is O=C(O)CC(NC(=O)OCC1c2ccccc2-c2ccccc21)C(=O)NCCCCc1nn[nH]n1. The van der Waals surface area contributed by atoms with Gasteiger partial charge >= 0.3 is 12.1 Å². The van der Waals surface area contributed by atoms with Crippen molar-refractivity contribution in [3.8, 4) is 11.1 Å². The van der Waals surface area contributed by atoms with Crippen molar-refractivity contribution in [3.05, 3.63) is 65.5 Å². The number of tetrazole rings is 1. The first-order chi connectivity index (χ1) is 17.0. The van der Waals surface area contributed by atoms with Crippen LogP contribution in [0.15, 0.2) is 48.5 Å². The average molecular weight is 479 g/mol. The monoisotopic (exact) mass is 478 g/mol. The fourth-order valence-corrected chi connectivity index (χ4v) is 4.20. The van der Waals surface area contributed by atoms with Crippen molar-refractivity contribution in [2.75, 3.05) is 13.2 Å². The summed E-state index contributed by atoms with van der Waals surface area (Å²) >= 11 is 0. The maximum absolute atomic E-state index is 12.5. The molecule has 3 aromatic rings. The highest BCUT2D eigenvalue weighted by Gasteiger charge is 2.30. The summed E-state index contributed by atoms with van der Waals surface area (Å²) in [7, 11) is 0. The first kappa shape index (κ1) is 23.9. The van der Waals surface area contributed by atoms with Crippen LogP contribution in [0, 0.1) is 0 Å². The maximum Gasteiger partial charge on any atom is 0.407 e. The molecule has 182 valence electrons. The highest BCUT2D eigenvalue weighted by Crippen LogP contribution is 2.44. The number of carbonyl (C=O) groups excluding carboxylic acids is 2. The lowest BCUT2D eigenvalue weighted by Gasteiger charge is -2.18. The largest absolute Gasteiger partial charge is 0.481 e. The van der Waals surface area contributed by atoms with E-state index in [1.54, 1.807) is 0 Å². The van der Waals surface area contributed by atoms with Gasteiger partial charge in [-0.1, -0.05) is 53.7 Å².